The molecular formula is C17H20BrNO2. The molecule has 0 saturated carbocycles. The molecule has 2 aromatic rings. The molecule has 1 atom stereocenters. The molecule has 0 bridgehead atoms. The second kappa shape index (κ2) is 7.48. The molecule has 0 amide bonds. The third-order valence-electron chi connectivity index (χ3n) is 3.14. The number of benzene rings is 2. The van der Waals surface area contributed by atoms with Gasteiger partial charge in [0, 0.05) is 16.1 Å². The summed E-state index contributed by atoms with van der Waals surface area (Å²) in [6.07, 6.45) is 0.778. The molecule has 0 radical (unpaired) electrons. The maximum Gasteiger partial charge on any atom is 0.125 e. The molecule has 0 aliphatic rings. The monoisotopic (exact) mass is 349 g/mol. The van der Waals surface area contributed by atoms with Gasteiger partial charge in [0.05, 0.1) is 7.11 Å². The molecule has 2 N–H and O–H groups in total. The van der Waals surface area contributed by atoms with Gasteiger partial charge < -0.3 is 15.2 Å². The fourth-order valence-corrected chi connectivity index (χ4v) is 2.58. The molecule has 2 rings (SSSR count). The van der Waals surface area contributed by atoms with Gasteiger partial charge in [-0.3, -0.25) is 0 Å². The third kappa shape index (κ3) is 4.48. The summed E-state index contributed by atoms with van der Waals surface area (Å²) in [5.41, 5.74) is 8.03. The fraction of sp³-hybridized carbons (Fsp3) is 0.294. The average molecular weight is 350 g/mol. The lowest BCUT2D eigenvalue weighted by Gasteiger charge is -2.15. The molecule has 2 aromatic carbocycles. The van der Waals surface area contributed by atoms with Gasteiger partial charge in [-0.1, -0.05) is 34.1 Å². The predicted octanol–water partition coefficient (Wildman–Crippen LogP) is 3.93. The quantitative estimate of drug-likeness (QED) is 0.859. The minimum absolute atomic E-state index is 0.0907. The van der Waals surface area contributed by atoms with Gasteiger partial charge in [-0.05, 0) is 43.2 Å². The van der Waals surface area contributed by atoms with Crippen LogP contribution < -0.4 is 15.2 Å². The molecule has 0 spiro atoms. The summed E-state index contributed by atoms with van der Waals surface area (Å²) in [5.74, 6) is 1.70. The van der Waals surface area contributed by atoms with Crippen molar-refractivity contribution >= 4 is 15.9 Å². The van der Waals surface area contributed by atoms with E-state index in [0.29, 0.717) is 6.61 Å². The Morgan fingerprint density at radius 3 is 2.57 bits per heavy atom. The van der Waals surface area contributed by atoms with Gasteiger partial charge in [0.2, 0.25) is 0 Å². The number of methoxy groups -OCH3 is 1. The highest BCUT2D eigenvalue weighted by Crippen LogP contribution is 2.26. The number of nitrogens with two attached hydrogens (primary N) is 1. The van der Waals surface area contributed by atoms with Gasteiger partial charge >= 0.3 is 0 Å². The Labute approximate surface area is 134 Å². The van der Waals surface area contributed by atoms with E-state index in [-0.39, 0.29) is 6.04 Å². The van der Waals surface area contributed by atoms with Crippen molar-refractivity contribution in [3.63, 3.8) is 0 Å². The van der Waals surface area contributed by atoms with E-state index in [2.05, 4.69) is 22.0 Å². The Kier molecular flexibility index (Phi) is 5.65. The van der Waals surface area contributed by atoms with Crippen LogP contribution in [0.1, 0.15) is 18.1 Å². The highest BCUT2D eigenvalue weighted by Gasteiger charge is 2.09. The molecule has 0 heterocycles. The van der Waals surface area contributed by atoms with Gasteiger partial charge in [0.25, 0.3) is 0 Å². The maximum absolute atomic E-state index is 5.97. The number of hydrogen-bond acceptors (Lipinski definition) is 3. The zero-order valence-corrected chi connectivity index (χ0v) is 13.9. The van der Waals surface area contributed by atoms with E-state index >= 15 is 0 Å². The van der Waals surface area contributed by atoms with E-state index in [4.69, 9.17) is 15.2 Å². The first-order valence-electron chi connectivity index (χ1n) is 6.89. The van der Waals surface area contributed by atoms with Crippen LogP contribution in [0.3, 0.4) is 0 Å². The van der Waals surface area contributed by atoms with Crippen LogP contribution in [0.15, 0.2) is 46.9 Å². The first-order valence-corrected chi connectivity index (χ1v) is 7.68. The summed E-state index contributed by atoms with van der Waals surface area (Å²) in [4.78, 5) is 0. The summed E-state index contributed by atoms with van der Waals surface area (Å²) >= 11 is 3.49. The molecule has 112 valence electrons. The Morgan fingerprint density at radius 1 is 1.10 bits per heavy atom. The van der Waals surface area contributed by atoms with Gasteiger partial charge in [-0.2, -0.15) is 0 Å². The van der Waals surface area contributed by atoms with E-state index in [1.807, 2.05) is 43.3 Å². The molecule has 0 aliphatic carbocycles. The molecule has 0 fully saturated rings. The van der Waals surface area contributed by atoms with E-state index in [1.165, 1.54) is 0 Å². The second-order valence-electron chi connectivity index (χ2n) is 5.03. The minimum Gasteiger partial charge on any atom is -0.496 e. The Balaban J connectivity index is 2.16. The normalized spacial score (nSPS) is 12.0. The highest BCUT2D eigenvalue weighted by molar-refractivity contribution is 9.10. The Bertz CT molecular complexity index is 599. The molecule has 1 unspecified atom stereocenters. The van der Waals surface area contributed by atoms with Crippen LogP contribution in [-0.2, 0) is 13.0 Å². The first kappa shape index (κ1) is 15.9. The van der Waals surface area contributed by atoms with Crippen LogP contribution in [0.5, 0.6) is 11.5 Å². The molecule has 0 saturated heterocycles. The molecule has 3 nitrogen and oxygen atoms in total. The molecule has 21 heavy (non-hydrogen) atoms. The molecule has 0 aliphatic heterocycles. The van der Waals surface area contributed by atoms with Gasteiger partial charge in [-0.15, -0.1) is 0 Å². The fourth-order valence-electron chi connectivity index (χ4n) is 2.17. The summed E-state index contributed by atoms with van der Waals surface area (Å²) in [6, 6.07) is 14.0. The van der Waals surface area contributed by atoms with Crippen LogP contribution in [0, 0.1) is 0 Å². The number of rotatable bonds is 6. The van der Waals surface area contributed by atoms with Crippen molar-refractivity contribution in [2.24, 2.45) is 5.73 Å². The lowest BCUT2D eigenvalue weighted by atomic mass is 10.1. The van der Waals surface area contributed by atoms with Crippen molar-refractivity contribution in [2.45, 2.75) is 26.0 Å². The number of para-hydroxylation sites is 1. The van der Waals surface area contributed by atoms with Crippen molar-refractivity contribution < 1.29 is 9.47 Å². The average Bonchev–Trinajstić information content (AvgIpc) is 2.46. The summed E-state index contributed by atoms with van der Waals surface area (Å²) in [7, 11) is 1.67. The summed E-state index contributed by atoms with van der Waals surface area (Å²) in [5, 5.41) is 0. The van der Waals surface area contributed by atoms with Gasteiger partial charge in [-0.25, -0.2) is 0 Å². The van der Waals surface area contributed by atoms with E-state index in [9.17, 15) is 0 Å². The smallest absolute Gasteiger partial charge is 0.125 e. The predicted molar refractivity (Wildman–Crippen MR) is 88.8 cm³/mol. The lowest BCUT2D eigenvalue weighted by molar-refractivity contribution is 0.293. The molecule has 0 aromatic heterocycles. The minimum atomic E-state index is 0.0907. The standard InChI is InChI=1S/C17H20BrNO2/c1-12(19)9-14-10-15(18)7-8-17(14)21-11-13-5-3-4-6-16(13)20-2/h3-8,10,12H,9,11,19H2,1-2H3. The molecular weight excluding hydrogens is 330 g/mol. The van der Waals surface area contributed by atoms with Gasteiger partial charge in [0.15, 0.2) is 0 Å². The maximum atomic E-state index is 5.97. The Morgan fingerprint density at radius 2 is 1.86 bits per heavy atom. The SMILES string of the molecule is COc1ccccc1COc1ccc(Br)cc1CC(C)N. The zero-order chi connectivity index (χ0) is 15.2. The van der Waals surface area contributed by atoms with Crippen LogP contribution in [-0.4, -0.2) is 13.2 Å². The molecule has 4 heteroatoms. The third-order valence-corrected chi connectivity index (χ3v) is 3.63. The van der Waals surface area contributed by atoms with Crippen LogP contribution in [0.4, 0.5) is 0 Å². The first-order chi connectivity index (χ1) is 10.1. The lowest BCUT2D eigenvalue weighted by Crippen LogP contribution is -2.18. The summed E-state index contributed by atoms with van der Waals surface area (Å²) in [6.45, 7) is 2.46. The summed E-state index contributed by atoms with van der Waals surface area (Å²) < 4.78 is 12.3. The zero-order valence-electron chi connectivity index (χ0n) is 12.3. The van der Waals surface area contributed by atoms with Crippen molar-refractivity contribution in [1.29, 1.82) is 0 Å². The van der Waals surface area contributed by atoms with Crippen molar-refractivity contribution in [3.8, 4) is 11.5 Å². The van der Waals surface area contributed by atoms with Crippen LogP contribution >= 0.6 is 15.9 Å². The number of ether oxygens (including phenoxy) is 2. The highest BCUT2D eigenvalue weighted by atomic mass is 79.9. The van der Waals surface area contributed by atoms with Crippen molar-refractivity contribution in [3.05, 3.63) is 58.1 Å². The second-order valence-corrected chi connectivity index (χ2v) is 5.95. The van der Waals surface area contributed by atoms with Crippen molar-refractivity contribution in [2.75, 3.05) is 7.11 Å². The van der Waals surface area contributed by atoms with Gasteiger partial charge in [0.1, 0.15) is 18.1 Å². The Hall–Kier alpha value is -1.52. The topological polar surface area (TPSA) is 44.5 Å². The van der Waals surface area contributed by atoms with Crippen LogP contribution in [0.2, 0.25) is 0 Å². The number of hydrogen-bond donors (Lipinski definition) is 1. The van der Waals surface area contributed by atoms with E-state index < -0.39 is 0 Å². The van der Waals surface area contributed by atoms with E-state index in [0.717, 1.165) is 33.5 Å². The number of halogens is 1. The van der Waals surface area contributed by atoms with Crippen molar-refractivity contribution in [1.82, 2.24) is 0 Å². The van der Waals surface area contributed by atoms with Crippen LogP contribution in [0.25, 0.3) is 0 Å². The van der Waals surface area contributed by atoms with E-state index in [1.54, 1.807) is 7.11 Å². The largest absolute Gasteiger partial charge is 0.496 e.